The number of hydrogen-bond donors (Lipinski definition) is 1. The molecule has 1 heterocycles. The van der Waals surface area contributed by atoms with Crippen LogP contribution in [0.3, 0.4) is 0 Å². The Kier molecular flexibility index (Phi) is 2.26. The van der Waals surface area contributed by atoms with E-state index in [0.717, 1.165) is 10.9 Å². The minimum absolute atomic E-state index is 0.646. The van der Waals surface area contributed by atoms with Crippen LogP contribution in [0, 0.1) is 5.92 Å². The van der Waals surface area contributed by atoms with Crippen molar-refractivity contribution in [3.05, 3.63) is 6.20 Å². The van der Waals surface area contributed by atoms with Crippen LogP contribution in [-0.2, 0) is 0 Å². The van der Waals surface area contributed by atoms with Crippen LogP contribution < -0.4 is 5.32 Å². The molecule has 3 nitrogen and oxygen atoms in total. The highest BCUT2D eigenvalue weighted by Crippen LogP contribution is 2.35. The van der Waals surface area contributed by atoms with Crippen LogP contribution in [0.25, 0.3) is 0 Å². The van der Waals surface area contributed by atoms with Gasteiger partial charge in [-0.15, -0.1) is 5.10 Å². The van der Waals surface area contributed by atoms with Gasteiger partial charge >= 0.3 is 0 Å². The molecule has 1 aromatic heterocycles. The Balaban J connectivity index is 1.91. The van der Waals surface area contributed by atoms with E-state index in [1.807, 2.05) is 0 Å². The lowest BCUT2D eigenvalue weighted by molar-refractivity contribution is 0.618. The number of hydrogen-bond acceptors (Lipinski definition) is 4. The van der Waals surface area contributed by atoms with E-state index < -0.39 is 0 Å². The molecule has 12 heavy (non-hydrogen) atoms. The molecule has 1 N–H and O–H groups in total. The van der Waals surface area contributed by atoms with Crippen LogP contribution in [0.1, 0.15) is 26.2 Å². The first-order chi connectivity index (χ1) is 5.90. The fourth-order valence-electron chi connectivity index (χ4n) is 1.47. The van der Waals surface area contributed by atoms with Crippen LogP contribution >= 0.6 is 11.5 Å². The third kappa shape index (κ3) is 1.75. The molecule has 4 heteroatoms. The van der Waals surface area contributed by atoms with Crippen LogP contribution in [0.15, 0.2) is 6.20 Å². The second-order valence-corrected chi connectivity index (χ2v) is 4.06. The van der Waals surface area contributed by atoms with E-state index in [-0.39, 0.29) is 0 Å². The first kappa shape index (κ1) is 7.98. The Bertz CT molecular complexity index is 230. The zero-order valence-electron chi connectivity index (χ0n) is 7.16. The molecule has 1 saturated carbocycles. The fraction of sp³-hybridized carbons (Fsp3) is 0.750. The molecule has 0 saturated heterocycles. The molecule has 0 aromatic carbocycles. The van der Waals surface area contributed by atoms with Crippen molar-refractivity contribution in [2.45, 2.75) is 32.2 Å². The van der Waals surface area contributed by atoms with E-state index in [9.17, 15) is 0 Å². The lowest BCUT2D eigenvalue weighted by Crippen LogP contribution is -2.19. The molecule has 0 amide bonds. The molecule has 1 unspecified atom stereocenters. The smallest absolute Gasteiger partial charge is 0.130 e. The van der Waals surface area contributed by atoms with Crippen LogP contribution in [0.4, 0.5) is 5.00 Å². The summed E-state index contributed by atoms with van der Waals surface area (Å²) in [5, 5.41) is 8.36. The van der Waals surface area contributed by atoms with Crippen LogP contribution in [0.5, 0.6) is 0 Å². The van der Waals surface area contributed by atoms with Gasteiger partial charge in [0.2, 0.25) is 0 Å². The summed E-state index contributed by atoms with van der Waals surface area (Å²) in [6, 6.07) is 0.646. The average molecular weight is 183 g/mol. The molecular formula is C8H13N3S. The summed E-state index contributed by atoms with van der Waals surface area (Å²) in [6.45, 7) is 2.23. The topological polar surface area (TPSA) is 37.8 Å². The summed E-state index contributed by atoms with van der Waals surface area (Å²) in [5.74, 6) is 0.900. The zero-order chi connectivity index (χ0) is 8.39. The first-order valence-corrected chi connectivity index (χ1v) is 5.21. The fourth-order valence-corrected chi connectivity index (χ4v) is 1.95. The van der Waals surface area contributed by atoms with Gasteiger partial charge in [-0.2, -0.15) is 0 Å². The van der Waals surface area contributed by atoms with Gasteiger partial charge in [-0.3, -0.25) is 0 Å². The lowest BCUT2D eigenvalue weighted by atomic mass is 10.1. The Hall–Kier alpha value is -0.640. The van der Waals surface area contributed by atoms with Crippen molar-refractivity contribution in [2.75, 3.05) is 5.32 Å². The van der Waals surface area contributed by atoms with Crippen molar-refractivity contribution in [2.24, 2.45) is 5.92 Å². The molecular weight excluding hydrogens is 170 g/mol. The van der Waals surface area contributed by atoms with Gasteiger partial charge in [-0.25, -0.2) is 0 Å². The van der Waals surface area contributed by atoms with E-state index in [0.29, 0.717) is 6.04 Å². The summed E-state index contributed by atoms with van der Waals surface area (Å²) in [6.07, 6.45) is 5.77. The maximum absolute atomic E-state index is 3.82. The van der Waals surface area contributed by atoms with Crippen molar-refractivity contribution < 1.29 is 0 Å². The van der Waals surface area contributed by atoms with Gasteiger partial charge in [0.05, 0.1) is 6.20 Å². The van der Waals surface area contributed by atoms with Crippen molar-refractivity contribution >= 4 is 16.5 Å². The van der Waals surface area contributed by atoms with Gasteiger partial charge in [0.25, 0.3) is 0 Å². The maximum atomic E-state index is 3.82. The number of anilines is 1. The van der Waals surface area contributed by atoms with E-state index in [1.54, 1.807) is 6.20 Å². The maximum Gasteiger partial charge on any atom is 0.130 e. The molecule has 1 fully saturated rings. The summed E-state index contributed by atoms with van der Waals surface area (Å²) >= 11 is 1.44. The third-order valence-electron chi connectivity index (χ3n) is 2.32. The van der Waals surface area contributed by atoms with Gasteiger partial charge in [-0.1, -0.05) is 11.4 Å². The number of nitrogens with one attached hydrogen (secondary N) is 1. The molecule has 1 atom stereocenters. The lowest BCUT2D eigenvalue weighted by Gasteiger charge is -2.14. The molecule has 1 aromatic rings. The largest absolute Gasteiger partial charge is 0.371 e. The van der Waals surface area contributed by atoms with Crippen molar-refractivity contribution in [3.8, 4) is 0 Å². The molecule has 0 radical (unpaired) electrons. The van der Waals surface area contributed by atoms with Crippen LogP contribution in [-0.4, -0.2) is 15.6 Å². The van der Waals surface area contributed by atoms with Gasteiger partial charge in [0, 0.05) is 17.6 Å². The van der Waals surface area contributed by atoms with Gasteiger partial charge < -0.3 is 5.32 Å². The van der Waals surface area contributed by atoms with Gasteiger partial charge in [-0.05, 0) is 25.2 Å². The van der Waals surface area contributed by atoms with Gasteiger partial charge in [0.1, 0.15) is 5.00 Å². The van der Waals surface area contributed by atoms with E-state index >= 15 is 0 Å². The van der Waals surface area contributed by atoms with E-state index in [2.05, 4.69) is 21.8 Å². The monoisotopic (exact) mass is 183 g/mol. The van der Waals surface area contributed by atoms with Crippen molar-refractivity contribution in [3.63, 3.8) is 0 Å². The molecule has 1 aliphatic rings. The predicted octanol–water partition coefficient (Wildman–Crippen LogP) is 2.14. The molecule has 0 aliphatic heterocycles. The van der Waals surface area contributed by atoms with Gasteiger partial charge in [0.15, 0.2) is 0 Å². The zero-order valence-corrected chi connectivity index (χ0v) is 7.97. The molecule has 0 spiro atoms. The second-order valence-electron chi connectivity index (χ2n) is 3.28. The highest BCUT2D eigenvalue weighted by atomic mass is 32.1. The highest BCUT2D eigenvalue weighted by Gasteiger charge is 2.29. The summed E-state index contributed by atoms with van der Waals surface area (Å²) in [5.41, 5.74) is 0. The standard InChI is InChI=1S/C8H13N3S/c1-2-7(6-3-4-6)10-8-5-9-11-12-8/h5-7,10H,2-4H2,1H3. The molecule has 1 aliphatic carbocycles. The number of rotatable bonds is 4. The Morgan fingerprint density at radius 1 is 1.75 bits per heavy atom. The SMILES string of the molecule is CCC(Nc1cnns1)C1CC1. The number of aromatic nitrogens is 2. The molecule has 0 bridgehead atoms. The Morgan fingerprint density at radius 3 is 3.08 bits per heavy atom. The molecule has 66 valence electrons. The van der Waals surface area contributed by atoms with E-state index in [1.165, 1.54) is 30.8 Å². The first-order valence-electron chi connectivity index (χ1n) is 4.44. The molecule has 2 rings (SSSR count). The predicted molar refractivity (Wildman–Crippen MR) is 50.3 cm³/mol. The third-order valence-corrected chi connectivity index (χ3v) is 2.92. The van der Waals surface area contributed by atoms with Crippen molar-refractivity contribution in [1.29, 1.82) is 0 Å². The van der Waals surface area contributed by atoms with Crippen molar-refractivity contribution in [1.82, 2.24) is 9.59 Å². The van der Waals surface area contributed by atoms with Crippen LogP contribution in [0.2, 0.25) is 0 Å². The summed E-state index contributed by atoms with van der Waals surface area (Å²) in [4.78, 5) is 0. The average Bonchev–Trinajstić information content (AvgIpc) is 2.80. The minimum atomic E-state index is 0.646. The highest BCUT2D eigenvalue weighted by molar-refractivity contribution is 7.09. The number of nitrogens with zero attached hydrogens (tertiary/aromatic N) is 2. The summed E-state index contributed by atoms with van der Waals surface area (Å²) < 4.78 is 3.82. The van der Waals surface area contributed by atoms with E-state index in [4.69, 9.17) is 0 Å². The normalized spacial score (nSPS) is 19.1. The Morgan fingerprint density at radius 2 is 2.58 bits per heavy atom. The summed E-state index contributed by atoms with van der Waals surface area (Å²) in [7, 11) is 0. The Labute approximate surface area is 76.4 Å². The minimum Gasteiger partial charge on any atom is -0.371 e. The second kappa shape index (κ2) is 3.39. The quantitative estimate of drug-likeness (QED) is 0.777.